The number of benzene rings is 3. The van der Waals surface area contributed by atoms with Crippen LogP contribution in [0.4, 0.5) is 10.1 Å². The Labute approximate surface area is 208 Å². The predicted molar refractivity (Wildman–Crippen MR) is 135 cm³/mol. The van der Waals surface area contributed by atoms with Crippen LogP contribution in [0.2, 0.25) is 5.02 Å². The molecular formula is C27H24ClFN4O2. The molecule has 0 atom stereocenters. The first-order valence-electron chi connectivity index (χ1n) is 11.5. The Balaban J connectivity index is 1.27. The summed E-state index contributed by atoms with van der Waals surface area (Å²) in [5.74, 6) is -0.970. The van der Waals surface area contributed by atoms with E-state index in [4.69, 9.17) is 11.6 Å². The number of hydrogen-bond acceptors (Lipinski definition) is 4. The maximum Gasteiger partial charge on any atom is 0.256 e. The number of anilines is 1. The van der Waals surface area contributed by atoms with Crippen LogP contribution >= 0.6 is 11.6 Å². The Kier molecular flexibility index (Phi) is 6.51. The van der Waals surface area contributed by atoms with Crippen molar-refractivity contribution in [2.24, 2.45) is 4.99 Å². The Morgan fingerprint density at radius 3 is 2.34 bits per heavy atom. The van der Waals surface area contributed by atoms with Gasteiger partial charge in [0, 0.05) is 60.8 Å². The molecule has 0 aliphatic carbocycles. The highest BCUT2D eigenvalue weighted by Crippen LogP contribution is 2.27. The average molecular weight is 491 g/mol. The topological polar surface area (TPSA) is 56.2 Å². The molecular weight excluding hydrogens is 467 g/mol. The molecule has 0 radical (unpaired) electrons. The number of rotatable bonds is 4. The van der Waals surface area contributed by atoms with Crippen LogP contribution in [0, 0.1) is 5.82 Å². The second-order valence-corrected chi connectivity index (χ2v) is 9.06. The monoisotopic (exact) mass is 490 g/mol. The first kappa shape index (κ1) is 23.1. The summed E-state index contributed by atoms with van der Waals surface area (Å²) < 4.78 is 14.7. The van der Waals surface area contributed by atoms with Gasteiger partial charge in [-0.05, 0) is 48.0 Å². The zero-order valence-electron chi connectivity index (χ0n) is 19.0. The number of amides is 2. The highest BCUT2D eigenvalue weighted by molar-refractivity contribution is 6.31. The summed E-state index contributed by atoms with van der Waals surface area (Å²) in [6.45, 7) is 2.47. The molecule has 35 heavy (non-hydrogen) atoms. The van der Waals surface area contributed by atoms with Gasteiger partial charge in [-0.25, -0.2) is 4.39 Å². The van der Waals surface area contributed by atoms with Crippen LogP contribution in [0.15, 0.2) is 71.7 Å². The quantitative estimate of drug-likeness (QED) is 0.542. The smallest absolute Gasteiger partial charge is 0.256 e. The van der Waals surface area contributed by atoms with Gasteiger partial charge in [-0.3, -0.25) is 14.6 Å². The molecule has 6 nitrogen and oxygen atoms in total. The van der Waals surface area contributed by atoms with E-state index < -0.39 is 5.82 Å². The van der Waals surface area contributed by atoms with E-state index in [0.717, 1.165) is 16.8 Å². The SMILES string of the molecule is O=C(c1ccccc1)N1CCN(C(=O)c2cc(CN3CN=Cc4cc(Cl)ccc43)ccc2F)CC1. The Morgan fingerprint density at radius 1 is 0.886 bits per heavy atom. The summed E-state index contributed by atoms with van der Waals surface area (Å²) in [7, 11) is 0. The molecule has 0 bridgehead atoms. The zero-order valence-corrected chi connectivity index (χ0v) is 19.8. The van der Waals surface area contributed by atoms with E-state index in [1.807, 2.05) is 36.4 Å². The summed E-state index contributed by atoms with van der Waals surface area (Å²) >= 11 is 6.10. The molecule has 178 valence electrons. The van der Waals surface area contributed by atoms with Gasteiger partial charge in [-0.1, -0.05) is 35.9 Å². The molecule has 2 amide bonds. The molecule has 2 aliphatic rings. The molecule has 1 fully saturated rings. The lowest BCUT2D eigenvalue weighted by molar-refractivity contribution is 0.0532. The first-order valence-corrected chi connectivity index (χ1v) is 11.8. The second-order valence-electron chi connectivity index (χ2n) is 8.62. The number of aliphatic imine (C=N–C) groups is 1. The number of hydrogen-bond donors (Lipinski definition) is 0. The zero-order chi connectivity index (χ0) is 24.4. The fraction of sp³-hybridized carbons (Fsp3) is 0.222. The van der Waals surface area contributed by atoms with Crippen LogP contribution in [0.25, 0.3) is 0 Å². The maximum absolute atomic E-state index is 14.7. The fourth-order valence-electron chi connectivity index (χ4n) is 4.47. The minimum absolute atomic E-state index is 0.0437. The lowest BCUT2D eigenvalue weighted by Gasteiger charge is -2.35. The summed E-state index contributed by atoms with van der Waals surface area (Å²) in [5.41, 5.74) is 3.38. The van der Waals surface area contributed by atoms with Gasteiger partial charge in [0.05, 0.1) is 5.56 Å². The van der Waals surface area contributed by atoms with Crippen LogP contribution in [0.1, 0.15) is 31.8 Å². The lowest BCUT2D eigenvalue weighted by Crippen LogP contribution is -2.50. The molecule has 2 heterocycles. The van der Waals surface area contributed by atoms with Crippen molar-refractivity contribution in [3.63, 3.8) is 0 Å². The molecule has 2 aliphatic heterocycles. The minimum atomic E-state index is -0.551. The summed E-state index contributed by atoms with van der Waals surface area (Å²) in [6.07, 6.45) is 1.79. The van der Waals surface area contributed by atoms with Gasteiger partial charge in [0.15, 0.2) is 0 Å². The summed E-state index contributed by atoms with van der Waals surface area (Å²) in [4.78, 5) is 35.6. The van der Waals surface area contributed by atoms with Gasteiger partial charge >= 0.3 is 0 Å². The molecule has 0 saturated carbocycles. The van der Waals surface area contributed by atoms with Crippen LogP contribution in [0.5, 0.6) is 0 Å². The van der Waals surface area contributed by atoms with Crippen molar-refractivity contribution < 1.29 is 14.0 Å². The molecule has 8 heteroatoms. The van der Waals surface area contributed by atoms with Gasteiger partial charge in [-0.15, -0.1) is 0 Å². The van der Waals surface area contributed by atoms with Crippen molar-refractivity contribution in [3.05, 3.63) is 99.8 Å². The highest BCUT2D eigenvalue weighted by atomic mass is 35.5. The molecule has 0 N–H and O–H groups in total. The molecule has 5 rings (SSSR count). The Hall–Kier alpha value is -3.71. The number of carbonyl (C=O) groups excluding carboxylic acids is 2. The molecule has 0 aromatic heterocycles. The molecule has 1 saturated heterocycles. The molecule has 3 aromatic carbocycles. The van der Waals surface area contributed by atoms with Crippen molar-refractivity contribution >= 4 is 35.3 Å². The van der Waals surface area contributed by atoms with Crippen molar-refractivity contribution in [2.45, 2.75) is 6.54 Å². The summed E-state index contributed by atoms with van der Waals surface area (Å²) in [6, 6.07) is 19.3. The van der Waals surface area contributed by atoms with Crippen molar-refractivity contribution in [2.75, 3.05) is 37.7 Å². The lowest BCUT2D eigenvalue weighted by atomic mass is 10.1. The van der Waals surface area contributed by atoms with Crippen LogP contribution < -0.4 is 4.90 Å². The second kappa shape index (κ2) is 9.88. The minimum Gasteiger partial charge on any atom is -0.347 e. The van der Waals surface area contributed by atoms with E-state index in [9.17, 15) is 14.0 Å². The van der Waals surface area contributed by atoms with Gasteiger partial charge < -0.3 is 14.7 Å². The van der Waals surface area contributed by atoms with Crippen molar-refractivity contribution in [1.29, 1.82) is 0 Å². The first-order chi connectivity index (χ1) is 17.0. The van der Waals surface area contributed by atoms with Gasteiger partial charge in [0.1, 0.15) is 12.5 Å². The van der Waals surface area contributed by atoms with Crippen LogP contribution in [-0.4, -0.2) is 60.7 Å². The van der Waals surface area contributed by atoms with E-state index in [2.05, 4.69) is 9.89 Å². The predicted octanol–water partition coefficient (Wildman–Crippen LogP) is 4.47. The number of fused-ring (bicyclic) bond motifs is 1. The largest absolute Gasteiger partial charge is 0.347 e. The van der Waals surface area contributed by atoms with E-state index in [0.29, 0.717) is 50.0 Å². The highest BCUT2D eigenvalue weighted by Gasteiger charge is 2.27. The van der Waals surface area contributed by atoms with Crippen LogP contribution in [-0.2, 0) is 6.54 Å². The third-order valence-electron chi connectivity index (χ3n) is 6.32. The van der Waals surface area contributed by atoms with E-state index in [-0.39, 0.29) is 17.4 Å². The van der Waals surface area contributed by atoms with E-state index in [1.165, 1.54) is 6.07 Å². The van der Waals surface area contributed by atoms with Crippen molar-refractivity contribution in [3.8, 4) is 0 Å². The van der Waals surface area contributed by atoms with E-state index >= 15 is 0 Å². The third kappa shape index (κ3) is 4.91. The standard InChI is InChI=1S/C27H24ClFN4O2/c28-22-7-9-25-21(15-22)16-30-18-33(25)17-19-6-8-24(29)23(14-19)27(35)32-12-10-31(11-13-32)26(34)20-4-2-1-3-5-20/h1-9,14-16H,10-13,17-18H2. The van der Waals surface area contributed by atoms with Gasteiger partial charge in [0.25, 0.3) is 11.8 Å². The molecule has 0 unspecified atom stereocenters. The van der Waals surface area contributed by atoms with Gasteiger partial charge in [0.2, 0.25) is 0 Å². The maximum atomic E-state index is 14.7. The number of nitrogens with zero attached hydrogens (tertiary/aromatic N) is 4. The van der Waals surface area contributed by atoms with Crippen LogP contribution in [0.3, 0.4) is 0 Å². The number of piperazine rings is 1. The van der Waals surface area contributed by atoms with Gasteiger partial charge in [-0.2, -0.15) is 0 Å². The molecule has 3 aromatic rings. The molecule has 0 spiro atoms. The van der Waals surface area contributed by atoms with Crippen molar-refractivity contribution in [1.82, 2.24) is 9.80 Å². The number of halogens is 2. The Bertz CT molecular complexity index is 1290. The Morgan fingerprint density at radius 2 is 1.60 bits per heavy atom. The summed E-state index contributed by atoms with van der Waals surface area (Å²) in [5, 5.41) is 0.636. The average Bonchev–Trinajstić information content (AvgIpc) is 2.89. The normalized spacial score (nSPS) is 15.2. The van der Waals surface area contributed by atoms with E-state index in [1.54, 1.807) is 40.3 Å². The third-order valence-corrected chi connectivity index (χ3v) is 6.56. The fourth-order valence-corrected chi connectivity index (χ4v) is 4.65. The number of carbonyl (C=O) groups is 2.